The van der Waals surface area contributed by atoms with Gasteiger partial charge in [0.15, 0.2) is 0 Å². The van der Waals surface area contributed by atoms with E-state index >= 15 is 0 Å². The maximum Gasteiger partial charge on any atom is 0.395 e. The van der Waals surface area contributed by atoms with Crippen LogP contribution in [0.4, 0.5) is 13.2 Å². The lowest BCUT2D eigenvalue weighted by atomic mass is 9.83. The molecule has 3 atom stereocenters. The summed E-state index contributed by atoms with van der Waals surface area (Å²) in [6, 6.07) is -1.50. The van der Waals surface area contributed by atoms with Crippen LogP contribution in [0.3, 0.4) is 0 Å². The number of carbonyl (C=O) groups excluding carboxylic acids is 2. The average molecular weight is 374 g/mol. The van der Waals surface area contributed by atoms with E-state index in [1.807, 2.05) is 20.8 Å². The fraction of sp³-hybridized carbons (Fsp3) is 0.706. The van der Waals surface area contributed by atoms with Crippen molar-refractivity contribution in [1.82, 2.24) is 20.8 Å². The van der Waals surface area contributed by atoms with Crippen molar-refractivity contribution < 1.29 is 22.8 Å². The van der Waals surface area contributed by atoms with E-state index in [1.165, 1.54) is 13.1 Å². The molecule has 3 unspecified atom stereocenters. The van der Waals surface area contributed by atoms with E-state index in [0.717, 1.165) is 0 Å². The molecule has 0 aliphatic heterocycles. The number of aromatic amines is 1. The van der Waals surface area contributed by atoms with E-state index in [1.54, 1.807) is 0 Å². The molecule has 2 amide bonds. The van der Waals surface area contributed by atoms with Crippen molar-refractivity contribution in [3.63, 3.8) is 0 Å². The van der Waals surface area contributed by atoms with Gasteiger partial charge in [0.1, 0.15) is 6.04 Å². The Morgan fingerprint density at radius 3 is 2.58 bits per heavy atom. The summed E-state index contributed by atoms with van der Waals surface area (Å²) in [7, 11) is 0. The smallest absolute Gasteiger partial charge is 0.351 e. The highest BCUT2D eigenvalue weighted by Crippen LogP contribution is 2.42. The van der Waals surface area contributed by atoms with Gasteiger partial charge in [0.05, 0.1) is 12.1 Å². The minimum absolute atomic E-state index is 0.134. The van der Waals surface area contributed by atoms with Crippen molar-refractivity contribution in [1.29, 1.82) is 0 Å². The fourth-order valence-electron chi connectivity index (χ4n) is 3.11. The summed E-state index contributed by atoms with van der Waals surface area (Å²) in [6.45, 7) is 7.22. The number of nitrogens with one attached hydrogen (secondary N) is 3. The van der Waals surface area contributed by atoms with Crippen molar-refractivity contribution in [3.8, 4) is 0 Å². The van der Waals surface area contributed by atoms with E-state index in [4.69, 9.17) is 0 Å². The molecule has 3 N–H and O–H groups in total. The molecule has 1 aliphatic carbocycles. The first-order valence-corrected chi connectivity index (χ1v) is 8.55. The van der Waals surface area contributed by atoms with E-state index in [-0.39, 0.29) is 36.1 Å². The Balaban J connectivity index is 1.98. The maximum absolute atomic E-state index is 13.3. The van der Waals surface area contributed by atoms with Crippen molar-refractivity contribution in [3.05, 3.63) is 17.5 Å². The zero-order valence-electron chi connectivity index (χ0n) is 15.3. The summed E-state index contributed by atoms with van der Waals surface area (Å²) < 4.78 is 39.9. The Labute approximate surface area is 150 Å². The number of amides is 2. The van der Waals surface area contributed by atoms with Gasteiger partial charge in [0.25, 0.3) is 0 Å². The third-order valence-corrected chi connectivity index (χ3v) is 4.30. The standard InChI is InChI=1S/C17H25F3N4O2/c1-9(22-14(25)7-16(2,3)4)15(26)23-10-5-12(17(18,19)20)11-8-21-24-13(11)6-10/h8-10,12H,5-7H2,1-4H3,(H,21,24)(H,22,25)(H,23,26). The number of aromatic nitrogens is 2. The second kappa shape index (κ2) is 7.28. The van der Waals surface area contributed by atoms with Crippen LogP contribution in [0.25, 0.3) is 0 Å². The molecule has 9 heteroatoms. The van der Waals surface area contributed by atoms with Crippen LogP contribution in [0.5, 0.6) is 0 Å². The highest BCUT2D eigenvalue weighted by Gasteiger charge is 2.46. The van der Waals surface area contributed by atoms with Crippen LogP contribution in [0.1, 0.15) is 57.7 Å². The molecule has 1 aliphatic rings. The molecule has 2 rings (SSSR count). The predicted molar refractivity (Wildman–Crippen MR) is 89.3 cm³/mol. The first kappa shape index (κ1) is 20.3. The summed E-state index contributed by atoms with van der Waals surface area (Å²) >= 11 is 0. The lowest BCUT2D eigenvalue weighted by Gasteiger charge is -2.31. The molecule has 0 saturated carbocycles. The van der Waals surface area contributed by atoms with Crippen LogP contribution in [0.15, 0.2) is 6.20 Å². The summed E-state index contributed by atoms with van der Waals surface area (Å²) in [5.41, 5.74) is 0.295. The Morgan fingerprint density at radius 2 is 2.00 bits per heavy atom. The topological polar surface area (TPSA) is 86.9 Å². The Bertz CT molecular complexity index is 664. The Morgan fingerprint density at radius 1 is 1.35 bits per heavy atom. The van der Waals surface area contributed by atoms with Crippen LogP contribution in [0.2, 0.25) is 0 Å². The first-order valence-electron chi connectivity index (χ1n) is 8.55. The molecule has 26 heavy (non-hydrogen) atoms. The second-order valence-electron chi connectivity index (χ2n) is 8.07. The minimum Gasteiger partial charge on any atom is -0.351 e. The number of hydrogen-bond acceptors (Lipinski definition) is 3. The van der Waals surface area contributed by atoms with Gasteiger partial charge in [-0.2, -0.15) is 18.3 Å². The number of H-pyrrole nitrogens is 1. The predicted octanol–water partition coefficient (Wildman–Crippen LogP) is 2.43. The average Bonchev–Trinajstić information content (AvgIpc) is 2.91. The van der Waals surface area contributed by atoms with Gasteiger partial charge in [-0.05, 0) is 18.8 Å². The second-order valence-corrected chi connectivity index (χ2v) is 8.07. The molecule has 1 heterocycles. The fourth-order valence-corrected chi connectivity index (χ4v) is 3.11. The molecular weight excluding hydrogens is 349 g/mol. The van der Waals surface area contributed by atoms with Crippen molar-refractivity contribution in [2.75, 3.05) is 0 Å². The zero-order valence-corrected chi connectivity index (χ0v) is 15.3. The molecule has 0 aromatic carbocycles. The lowest BCUT2D eigenvalue weighted by Crippen LogP contribution is -2.50. The molecule has 1 aromatic heterocycles. The number of hydrogen-bond donors (Lipinski definition) is 3. The number of halogens is 3. The van der Waals surface area contributed by atoms with Gasteiger partial charge >= 0.3 is 6.18 Å². The van der Waals surface area contributed by atoms with Crippen molar-refractivity contribution >= 4 is 11.8 Å². The van der Waals surface area contributed by atoms with Crippen LogP contribution >= 0.6 is 0 Å². The quantitative estimate of drug-likeness (QED) is 0.756. The molecule has 0 radical (unpaired) electrons. The molecule has 0 saturated heterocycles. The normalized spacial score (nSPS) is 21.7. The summed E-state index contributed by atoms with van der Waals surface area (Å²) in [4.78, 5) is 24.2. The number of nitrogens with zero attached hydrogens (tertiary/aromatic N) is 1. The Hall–Kier alpha value is -2.06. The van der Waals surface area contributed by atoms with Gasteiger partial charge in [0.2, 0.25) is 11.8 Å². The SMILES string of the molecule is CC(NC(=O)CC(C)(C)C)C(=O)NC1Cc2[nH]ncc2C(C(F)(F)F)C1. The van der Waals surface area contributed by atoms with Crippen LogP contribution in [-0.2, 0) is 16.0 Å². The number of alkyl halides is 3. The van der Waals surface area contributed by atoms with Gasteiger partial charge in [-0.15, -0.1) is 0 Å². The molecule has 146 valence electrons. The maximum atomic E-state index is 13.3. The van der Waals surface area contributed by atoms with Gasteiger partial charge in [0, 0.05) is 30.1 Å². The van der Waals surface area contributed by atoms with E-state index in [0.29, 0.717) is 5.69 Å². The molecule has 1 aromatic rings. The Kier molecular flexibility index (Phi) is 5.67. The van der Waals surface area contributed by atoms with Gasteiger partial charge in [-0.3, -0.25) is 14.7 Å². The summed E-state index contributed by atoms with van der Waals surface area (Å²) in [5.74, 6) is -2.44. The largest absolute Gasteiger partial charge is 0.395 e. The van der Waals surface area contributed by atoms with E-state index < -0.39 is 30.1 Å². The van der Waals surface area contributed by atoms with Crippen LogP contribution < -0.4 is 10.6 Å². The molecule has 0 spiro atoms. The van der Waals surface area contributed by atoms with Crippen LogP contribution in [0, 0.1) is 5.41 Å². The molecule has 6 nitrogen and oxygen atoms in total. The van der Waals surface area contributed by atoms with Crippen molar-refractivity contribution in [2.45, 2.75) is 71.1 Å². The highest BCUT2D eigenvalue weighted by molar-refractivity contribution is 5.87. The minimum atomic E-state index is -4.41. The number of rotatable bonds is 4. The summed E-state index contributed by atoms with van der Waals surface area (Å²) in [6.07, 6.45) is -2.96. The van der Waals surface area contributed by atoms with Gasteiger partial charge < -0.3 is 10.6 Å². The molecule has 0 bridgehead atoms. The van der Waals surface area contributed by atoms with Gasteiger partial charge in [-0.1, -0.05) is 20.8 Å². The first-order chi connectivity index (χ1) is 11.9. The van der Waals surface area contributed by atoms with E-state index in [9.17, 15) is 22.8 Å². The third kappa shape index (κ3) is 5.22. The lowest BCUT2D eigenvalue weighted by molar-refractivity contribution is -0.155. The summed E-state index contributed by atoms with van der Waals surface area (Å²) in [5, 5.41) is 11.5. The number of carbonyl (C=O) groups is 2. The third-order valence-electron chi connectivity index (χ3n) is 4.30. The molecular formula is C17H25F3N4O2. The molecule has 0 fully saturated rings. The van der Waals surface area contributed by atoms with E-state index in [2.05, 4.69) is 20.8 Å². The zero-order chi connectivity index (χ0) is 19.7. The monoisotopic (exact) mass is 374 g/mol. The number of fused-ring (bicyclic) bond motifs is 1. The highest BCUT2D eigenvalue weighted by atomic mass is 19.4. The van der Waals surface area contributed by atoms with Crippen LogP contribution in [-0.4, -0.2) is 40.3 Å². The van der Waals surface area contributed by atoms with Gasteiger partial charge in [-0.25, -0.2) is 0 Å². The van der Waals surface area contributed by atoms with Crippen molar-refractivity contribution in [2.24, 2.45) is 5.41 Å².